The molecular weight excluding hydrogens is 536 g/mol. The number of methoxy groups -OCH3 is 1. The summed E-state index contributed by atoms with van der Waals surface area (Å²) in [6.07, 6.45) is 5.14. The van der Waals surface area contributed by atoms with Gasteiger partial charge in [-0.3, -0.25) is 9.69 Å². The van der Waals surface area contributed by atoms with Crippen LogP contribution < -0.4 is 0 Å². The van der Waals surface area contributed by atoms with E-state index in [2.05, 4.69) is 30.4 Å². The number of carbonyl (C=O) groups excluding carboxylic acids is 2. The summed E-state index contributed by atoms with van der Waals surface area (Å²) in [4.78, 5) is 32.0. The van der Waals surface area contributed by atoms with Crippen molar-refractivity contribution in [2.45, 2.75) is 44.6 Å². The lowest BCUT2D eigenvalue weighted by molar-refractivity contribution is -0.141. The van der Waals surface area contributed by atoms with E-state index in [1.165, 1.54) is 11.1 Å². The van der Waals surface area contributed by atoms with Crippen molar-refractivity contribution >= 4 is 18.1 Å². The van der Waals surface area contributed by atoms with Crippen LogP contribution in [0.5, 0.6) is 0 Å². The molecule has 1 aliphatic carbocycles. The van der Waals surface area contributed by atoms with Crippen LogP contribution in [0.1, 0.15) is 45.0 Å². The number of carbonyl (C=O) groups is 2. The molecule has 0 unspecified atom stereocenters. The monoisotopic (exact) mass is 572 g/mol. The van der Waals surface area contributed by atoms with Crippen LogP contribution in [0.25, 0.3) is 6.08 Å². The van der Waals surface area contributed by atoms with Crippen molar-refractivity contribution in [3.8, 4) is 0 Å². The molecule has 4 aromatic rings. The van der Waals surface area contributed by atoms with Gasteiger partial charge in [-0.1, -0.05) is 109 Å². The average Bonchev–Trinajstić information content (AvgIpc) is 3.53. The first-order valence-electron chi connectivity index (χ1n) is 14.8. The molecule has 0 bridgehead atoms. The zero-order valence-electron chi connectivity index (χ0n) is 24.4. The second kappa shape index (κ2) is 13.1. The van der Waals surface area contributed by atoms with Gasteiger partial charge in [-0.25, -0.2) is 4.79 Å². The minimum Gasteiger partial charge on any atom is -0.445 e. The van der Waals surface area contributed by atoms with Crippen molar-refractivity contribution in [1.29, 1.82) is 0 Å². The van der Waals surface area contributed by atoms with E-state index in [-0.39, 0.29) is 18.6 Å². The molecule has 2 atom stereocenters. The van der Waals surface area contributed by atoms with Crippen LogP contribution >= 0.6 is 0 Å². The van der Waals surface area contributed by atoms with Crippen molar-refractivity contribution in [2.24, 2.45) is 0 Å². The second-order valence-electron chi connectivity index (χ2n) is 11.1. The van der Waals surface area contributed by atoms with E-state index in [9.17, 15) is 9.59 Å². The predicted molar refractivity (Wildman–Crippen MR) is 167 cm³/mol. The quantitative estimate of drug-likeness (QED) is 0.223. The Morgan fingerprint density at radius 3 is 2.35 bits per heavy atom. The van der Waals surface area contributed by atoms with Crippen LogP contribution in [-0.4, -0.2) is 41.6 Å². The fourth-order valence-corrected chi connectivity index (χ4v) is 6.06. The maximum atomic E-state index is 14.8. The first kappa shape index (κ1) is 28.4. The third kappa shape index (κ3) is 6.40. The molecule has 2 aliphatic rings. The van der Waals surface area contributed by atoms with Gasteiger partial charge in [0.15, 0.2) is 0 Å². The molecule has 4 aromatic carbocycles. The smallest absolute Gasteiger partial charge is 0.411 e. The number of nitrogens with zero attached hydrogens (tertiary/aromatic N) is 2. The van der Waals surface area contributed by atoms with E-state index >= 15 is 0 Å². The molecule has 0 saturated heterocycles. The first-order chi connectivity index (χ1) is 21.1. The minimum atomic E-state index is -0.726. The lowest BCUT2D eigenvalue weighted by Gasteiger charge is -2.40. The average molecular weight is 573 g/mol. The van der Waals surface area contributed by atoms with Gasteiger partial charge in [-0.15, -0.1) is 0 Å². The number of ether oxygens (including phenoxy) is 2. The van der Waals surface area contributed by atoms with E-state index in [0.717, 1.165) is 34.2 Å². The summed E-state index contributed by atoms with van der Waals surface area (Å²) in [5.74, 6) is -0.131. The maximum absolute atomic E-state index is 14.8. The molecule has 1 heterocycles. The summed E-state index contributed by atoms with van der Waals surface area (Å²) >= 11 is 0. The number of benzene rings is 4. The summed E-state index contributed by atoms with van der Waals surface area (Å²) in [6, 6.07) is 32.9. The standard InChI is InChI=1S/C37H36N2O4/c1-42-26-35(30-13-6-3-7-14-30)38(23-28-19-20-29-17-10-18-31(29)21-28)36(40)34-22-32-15-8-9-16-33(32)24-39(34)37(41)43-25-27-11-4-2-5-12-27/h2-16,18-21,34-35H,17,22-26H2,1H3/t34-,35-/m0/s1. The zero-order chi connectivity index (χ0) is 29.6. The van der Waals surface area contributed by atoms with E-state index in [0.29, 0.717) is 26.1 Å². The number of hydrogen-bond acceptors (Lipinski definition) is 4. The molecule has 0 N–H and O–H groups in total. The Hall–Kier alpha value is -4.68. The summed E-state index contributed by atoms with van der Waals surface area (Å²) in [6.45, 7) is 1.15. The lowest BCUT2D eigenvalue weighted by Crippen LogP contribution is -2.54. The van der Waals surface area contributed by atoms with E-state index in [1.807, 2.05) is 89.8 Å². The van der Waals surface area contributed by atoms with Crippen LogP contribution in [-0.2, 0) is 46.8 Å². The van der Waals surface area contributed by atoms with Crippen LogP contribution in [0.15, 0.2) is 109 Å². The van der Waals surface area contributed by atoms with Gasteiger partial charge in [0.1, 0.15) is 12.6 Å². The Balaban J connectivity index is 1.35. The molecular formula is C37H36N2O4. The molecule has 2 amide bonds. The molecule has 1 aliphatic heterocycles. The lowest BCUT2D eigenvalue weighted by atomic mass is 9.92. The van der Waals surface area contributed by atoms with Crippen LogP contribution in [0.4, 0.5) is 4.79 Å². The molecule has 6 heteroatoms. The predicted octanol–water partition coefficient (Wildman–Crippen LogP) is 6.74. The van der Waals surface area contributed by atoms with Crippen LogP contribution in [0, 0.1) is 0 Å². The fourth-order valence-electron chi connectivity index (χ4n) is 6.06. The Morgan fingerprint density at radius 1 is 0.860 bits per heavy atom. The van der Waals surface area contributed by atoms with Gasteiger partial charge in [0.2, 0.25) is 5.91 Å². The molecule has 0 saturated carbocycles. The number of hydrogen-bond donors (Lipinski definition) is 0. The summed E-state index contributed by atoms with van der Waals surface area (Å²) in [5, 5.41) is 0. The van der Waals surface area contributed by atoms with Gasteiger partial charge in [-0.05, 0) is 51.4 Å². The third-order valence-electron chi connectivity index (χ3n) is 8.34. The van der Waals surface area contributed by atoms with Crippen molar-refractivity contribution in [2.75, 3.05) is 13.7 Å². The Kier molecular flexibility index (Phi) is 8.66. The van der Waals surface area contributed by atoms with E-state index < -0.39 is 12.1 Å². The highest BCUT2D eigenvalue weighted by molar-refractivity contribution is 5.87. The maximum Gasteiger partial charge on any atom is 0.411 e. The summed E-state index contributed by atoms with van der Waals surface area (Å²) < 4.78 is 11.5. The highest BCUT2D eigenvalue weighted by Crippen LogP contribution is 2.31. The minimum absolute atomic E-state index is 0.131. The van der Waals surface area contributed by atoms with Crippen molar-refractivity contribution in [3.63, 3.8) is 0 Å². The van der Waals surface area contributed by atoms with Crippen molar-refractivity contribution in [1.82, 2.24) is 9.80 Å². The van der Waals surface area contributed by atoms with E-state index in [1.54, 1.807) is 12.0 Å². The highest BCUT2D eigenvalue weighted by atomic mass is 16.6. The number of rotatable bonds is 9. The molecule has 0 spiro atoms. The van der Waals surface area contributed by atoms with Crippen molar-refractivity contribution < 1.29 is 19.1 Å². The number of amides is 2. The van der Waals surface area contributed by atoms with Gasteiger partial charge in [0.05, 0.1) is 19.2 Å². The van der Waals surface area contributed by atoms with E-state index in [4.69, 9.17) is 9.47 Å². The summed E-state index contributed by atoms with van der Waals surface area (Å²) in [7, 11) is 1.66. The van der Waals surface area contributed by atoms with Gasteiger partial charge < -0.3 is 14.4 Å². The topological polar surface area (TPSA) is 59.1 Å². The van der Waals surface area contributed by atoms with Crippen LogP contribution in [0.3, 0.4) is 0 Å². The van der Waals surface area contributed by atoms with Crippen molar-refractivity contribution in [3.05, 3.63) is 148 Å². The summed E-state index contributed by atoms with van der Waals surface area (Å²) in [5.41, 5.74) is 7.47. The Labute approximate surface area is 253 Å². The molecule has 0 aromatic heterocycles. The normalized spacial score (nSPS) is 15.8. The van der Waals surface area contributed by atoms with Gasteiger partial charge in [0, 0.05) is 20.1 Å². The Bertz CT molecular complexity index is 1600. The number of fused-ring (bicyclic) bond motifs is 2. The molecule has 43 heavy (non-hydrogen) atoms. The number of allylic oxidation sites excluding steroid dienone is 1. The fraction of sp³-hybridized carbons (Fsp3) is 0.243. The van der Waals surface area contributed by atoms with Gasteiger partial charge in [0.25, 0.3) is 0 Å². The SMILES string of the molecule is COC[C@@H](c1ccccc1)N(Cc1ccc2c(c1)C=CC2)C(=O)[C@@H]1Cc2ccccc2CN1C(=O)OCc1ccccc1. The van der Waals surface area contributed by atoms with Gasteiger partial charge >= 0.3 is 6.09 Å². The first-order valence-corrected chi connectivity index (χ1v) is 14.8. The second-order valence-corrected chi connectivity index (χ2v) is 11.1. The molecule has 218 valence electrons. The molecule has 0 radical (unpaired) electrons. The molecule has 6 rings (SSSR count). The third-order valence-corrected chi connectivity index (χ3v) is 8.34. The van der Waals surface area contributed by atoms with Crippen LogP contribution in [0.2, 0.25) is 0 Å². The zero-order valence-corrected chi connectivity index (χ0v) is 24.4. The largest absolute Gasteiger partial charge is 0.445 e. The highest BCUT2D eigenvalue weighted by Gasteiger charge is 2.40. The Morgan fingerprint density at radius 2 is 1.58 bits per heavy atom. The molecule has 0 fully saturated rings. The van der Waals surface area contributed by atoms with Gasteiger partial charge in [-0.2, -0.15) is 0 Å². The molecule has 6 nitrogen and oxygen atoms in total.